The van der Waals surface area contributed by atoms with Crippen LogP contribution in [-0.2, 0) is 16.0 Å². The van der Waals surface area contributed by atoms with E-state index in [0.29, 0.717) is 6.42 Å². The van der Waals surface area contributed by atoms with Gasteiger partial charge in [-0.1, -0.05) is 19.1 Å². The Kier molecular flexibility index (Phi) is 8.09. The molecule has 2 fully saturated rings. The summed E-state index contributed by atoms with van der Waals surface area (Å²) in [5.41, 5.74) is 2.17. The van der Waals surface area contributed by atoms with Gasteiger partial charge in [-0.15, -0.1) is 0 Å². The number of anilines is 1. The van der Waals surface area contributed by atoms with Crippen molar-refractivity contribution in [1.82, 2.24) is 5.32 Å². The Labute approximate surface area is 181 Å². The highest BCUT2D eigenvalue weighted by Crippen LogP contribution is 2.45. The van der Waals surface area contributed by atoms with Gasteiger partial charge in [-0.05, 0) is 75.4 Å². The van der Waals surface area contributed by atoms with E-state index in [4.69, 9.17) is 4.74 Å². The van der Waals surface area contributed by atoms with Crippen LogP contribution in [0.1, 0.15) is 38.2 Å². The van der Waals surface area contributed by atoms with Gasteiger partial charge in [0.2, 0.25) is 5.91 Å². The molecule has 3 rings (SSSR count). The number of amides is 1. The number of piperidine rings is 1. The number of aliphatic hydroxyl groups excluding tert-OH is 1. The van der Waals surface area contributed by atoms with Crippen molar-refractivity contribution in [2.75, 3.05) is 25.0 Å². The molecule has 2 aliphatic heterocycles. The summed E-state index contributed by atoms with van der Waals surface area (Å²) in [6, 6.07) is 8.08. The van der Waals surface area contributed by atoms with Crippen LogP contribution in [0.5, 0.6) is 0 Å². The lowest BCUT2D eigenvalue weighted by Gasteiger charge is -2.30. The summed E-state index contributed by atoms with van der Waals surface area (Å²) in [6.07, 6.45) is 4.32. The maximum absolute atomic E-state index is 12.5. The second-order valence-corrected chi connectivity index (χ2v) is 13.5. The van der Waals surface area contributed by atoms with Gasteiger partial charge in [0.1, 0.15) is 0 Å². The van der Waals surface area contributed by atoms with Crippen molar-refractivity contribution < 1.29 is 19.4 Å². The van der Waals surface area contributed by atoms with E-state index in [1.54, 1.807) is 0 Å². The van der Waals surface area contributed by atoms with Crippen LogP contribution in [0, 0.1) is 11.8 Å². The third kappa shape index (κ3) is 5.92. The highest BCUT2D eigenvalue weighted by molar-refractivity contribution is 6.71. The number of aryl methyl sites for hydroxylation is 1. The first-order valence-corrected chi connectivity index (χ1v) is 14.4. The number of hydrogen-bond donors (Lipinski definition) is 4. The predicted octanol–water partition coefficient (Wildman–Crippen LogP) is 2.91. The summed E-state index contributed by atoms with van der Waals surface area (Å²) in [5, 5.41) is 15.8. The van der Waals surface area contributed by atoms with E-state index in [-0.39, 0.29) is 42.1 Å². The molecule has 4 N–H and O–H groups in total. The zero-order chi connectivity index (χ0) is 21.7. The lowest BCUT2D eigenvalue weighted by Crippen LogP contribution is -2.40. The Morgan fingerprint density at radius 2 is 2.10 bits per heavy atom. The molecule has 0 radical (unpaired) electrons. The first-order chi connectivity index (χ1) is 14.3. The minimum Gasteiger partial charge on any atom is -0.432 e. The maximum atomic E-state index is 12.5. The number of hydrogen-bond acceptors (Lipinski definition) is 5. The Morgan fingerprint density at radius 3 is 2.77 bits per heavy atom. The Bertz CT molecular complexity index is 703. The quantitative estimate of drug-likeness (QED) is 0.472. The lowest BCUT2D eigenvalue weighted by molar-refractivity contribution is -0.120. The molecule has 1 aromatic carbocycles. The lowest BCUT2D eigenvalue weighted by atomic mass is 9.95. The van der Waals surface area contributed by atoms with Crippen LogP contribution in [0.15, 0.2) is 24.3 Å². The van der Waals surface area contributed by atoms with E-state index in [0.717, 1.165) is 44.5 Å². The van der Waals surface area contributed by atoms with Crippen LogP contribution >= 0.6 is 0 Å². The van der Waals surface area contributed by atoms with Gasteiger partial charge in [0, 0.05) is 24.4 Å². The fraction of sp³-hybridized carbons (Fsp3) is 0.696. The van der Waals surface area contributed by atoms with Crippen molar-refractivity contribution in [1.29, 1.82) is 0 Å². The van der Waals surface area contributed by atoms with Crippen molar-refractivity contribution in [3.8, 4) is 0 Å². The normalized spacial score (nSPS) is 29.7. The van der Waals surface area contributed by atoms with E-state index < -0.39 is 8.32 Å². The van der Waals surface area contributed by atoms with Gasteiger partial charge in [-0.2, -0.15) is 0 Å². The number of carbonyl (C=O) groups is 1. The molecule has 2 saturated heterocycles. The smallest absolute Gasteiger partial charge is 0.228 e. The number of ether oxygens (including phenoxy) is 1. The Hall–Kier alpha value is -1.25. The van der Waals surface area contributed by atoms with Gasteiger partial charge in [0.05, 0.1) is 18.1 Å². The van der Waals surface area contributed by atoms with E-state index in [2.05, 4.69) is 29.7 Å². The van der Waals surface area contributed by atoms with Gasteiger partial charge >= 0.3 is 0 Å². The molecule has 0 saturated carbocycles. The zero-order valence-corrected chi connectivity index (χ0v) is 19.6. The number of aliphatic hydroxyl groups is 1. The molecular formula is C23H38N2O4Si. The van der Waals surface area contributed by atoms with Crippen LogP contribution in [-0.4, -0.2) is 56.0 Å². The van der Waals surface area contributed by atoms with Gasteiger partial charge in [0.25, 0.3) is 0 Å². The maximum Gasteiger partial charge on any atom is 0.228 e. The van der Waals surface area contributed by atoms with E-state index in [9.17, 15) is 14.7 Å². The molecule has 2 aliphatic rings. The van der Waals surface area contributed by atoms with E-state index in [1.807, 2.05) is 25.2 Å². The van der Waals surface area contributed by atoms with Crippen LogP contribution in [0.4, 0.5) is 5.69 Å². The van der Waals surface area contributed by atoms with Crippen molar-refractivity contribution in [2.45, 2.75) is 69.9 Å². The molecule has 168 valence electrons. The largest absolute Gasteiger partial charge is 0.432 e. The fourth-order valence-corrected chi connectivity index (χ4v) is 7.90. The van der Waals surface area contributed by atoms with Gasteiger partial charge in [0.15, 0.2) is 8.32 Å². The number of nitrogens with one attached hydrogen (secondary N) is 2. The molecule has 5 atom stereocenters. The monoisotopic (exact) mass is 434 g/mol. The molecule has 6 nitrogen and oxygen atoms in total. The van der Waals surface area contributed by atoms with Crippen LogP contribution < -0.4 is 10.6 Å². The zero-order valence-electron chi connectivity index (χ0n) is 18.6. The molecule has 30 heavy (non-hydrogen) atoms. The molecule has 1 amide bonds. The average Bonchev–Trinajstić information content (AvgIpc) is 3.03. The summed E-state index contributed by atoms with van der Waals surface area (Å²) in [7, 11) is -2.37. The molecule has 1 aromatic rings. The molecule has 2 heterocycles. The van der Waals surface area contributed by atoms with Gasteiger partial charge in [-0.25, -0.2) is 0 Å². The summed E-state index contributed by atoms with van der Waals surface area (Å²) in [4.78, 5) is 23.3. The Morgan fingerprint density at radius 1 is 1.30 bits per heavy atom. The molecule has 1 unspecified atom stereocenters. The first-order valence-electron chi connectivity index (χ1n) is 11.4. The second kappa shape index (κ2) is 10.4. The van der Waals surface area contributed by atoms with Gasteiger partial charge < -0.3 is 25.3 Å². The average molecular weight is 435 g/mol. The summed E-state index contributed by atoms with van der Waals surface area (Å²) >= 11 is 0. The first kappa shape index (κ1) is 23.4. The molecule has 0 bridgehead atoms. The number of benzene rings is 1. The standard InChI is InChI=1S/C23H38N2O4Si/c1-16-20(29-21(11-13-26)22(16)30(2,3)28)10-9-17-6-4-8-19(14-17)25-23(27)18-7-5-12-24-15-18/h4,6,8,14,16,18,20-22,24,26,28H,5,7,9-13,15H2,1-3H3,(H,25,27)/t16-,18?,20+,21-,22+/m0/s1. The molecule has 0 aromatic heterocycles. The summed E-state index contributed by atoms with van der Waals surface area (Å²) in [6.45, 7) is 7.95. The molecule has 0 spiro atoms. The van der Waals surface area contributed by atoms with E-state index in [1.165, 1.54) is 5.56 Å². The van der Waals surface area contributed by atoms with Crippen molar-refractivity contribution in [3.05, 3.63) is 29.8 Å². The van der Waals surface area contributed by atoms with Crippen molar-refractivity contribution in [2.24, 2.45) is 11.8 Å². The highest BCUT2D eigenvalue weighted by Gasteiger charge is 2.49. The van der Waals surface area contributed by atoms with Gasteiger partial charge in [-0.3, -0.25) is 4.79 Å². The van der Waals surface area contributed by atoms with Crippen LogP contribution in [0.2, 0.25) is 18.6 Å². The highest BCUT2D eigenvalue weighted by atomic mass is 28.4. The summed E-state index contributed by atoms with van der Waals surface area (Å²) in [5.74, 6) is 0.411. The fourth-order valence-electron chi connectivity index (χ4n) is 5.24. The molecule has 0 aliphatic carbocycles. The topological polar surface area (TPSA) is 90.8 Å². The minimum atomic E-state index is -2.37. The predicted molar refractivity (Wildman–Crippen MR) is 122 cm³/mol. The van der Waals surface area contributed by atoms with E-state index >= 15 is 0 Å². The van der Waals surface area contributed by atoms with Crippen molar-refractivity contribution in [3.63, 3.8) is 0 Å². The van der Waals surface area contributed by atoms with Crippen LogP contribution in [0.25, 0.3) is 0 Å². The van der Waals surface area contributed by atoms with Crippen molar-refractivity contribution >= 4 is 19.9 Å². The third-order valence-corrected chi connectivity index (χ3v) is 9.24. The second-order valence-electron chi connectivity index (χ2n) is 9.54. The molecule has 7 heteroatoms. The Balaban J connectivity index is 1.58. The minimum absolute atomic E-state index is 0.0431. The number of carbonyl (C=O) groups excluding carboxylic acids is 1. The number of rotatable bonds is 8. The SMILES string of the molecule is C[C@@H]1[C@@H]([Si](C)(C)O)[C@H](CCO)O[C@@H]1CCc1cccc(NC(=O)C2CCCNC2)c1. The summed E-state index contributed by atoms with van der Waals surface area (Å²) < 4.78 is 6.29. The molecular weight excluding hydrogens is 396 g/mol. The van der Waals surface area contributed by atoms with Crippen LogP contribution in [0.3, 0.4) is 0 Å². The third-order valence-electron chi connectivity index (χ3n) is 6.71.